The number of rotatable bonds is 8. The summed E-state index contributed by atoms with van der Waals surface area (Å²) in [7, 11) is 1.56. The normalized spacial score (nSPS) is 11.8. The van der Waals surface area contributed by atoms with Crippen LogP contribution in [0.5, 0.6) is 11.5 Å². The predicted molar refractivity (Wildman–Crippen MR) is 106 cm³/mol. The number of aromatic amines is 1. The summed E-state index contributed by atoms with van der Waals surface area (Å²) in [4.78, 5) is 31.9. The smallest absolute Gasteiger partial charge is 0.343 e. The second-order valence-corrected chi connectivity index (χ2v) is 6.65. The Kier molecular flexibility index (Phi) is 6.33. The van der Waals surface area contributed by atoms with Crippen LogP contribution in [0.3, 0.4) is 0 Å². The second kappa shape index (κ2) is 9.09. The number of carbonyl (C=O) groups is 1. The van der Waals surface area contributed by atoms with E-state index in [1.54, 1.807) is 50.8 Å². The predicted octanol–water partition coefficient (Wildman–Crippen LogP) is 2.27. The molecule has 0 radical (unpaired) electrons. The Bertz CT molecular complexity index is 1010. The summed E-state index contributed by atoms with van der Waals surface area (Å²) >= 11 is 0. The zero-order valence-corrected chi connectivity index (χ0v) is 16.3. The van der Waals surface area contributed by atoms with Gasteiger partial charge in [-0.05, 0) is 24.6 Å². The number of aromatic hydroxyl groups is 1. The van der Waals surface area contributed by atoms with Crippen molar-refractivity contribution in [1.82, 2.24) is 15.3 Å². The fourth-order valence-electron chi connectivity index (χ4n) is 3.16. The first kappa shape index (κ1) is 20.2. The maximum atomic E-state index is 12.6. The lowest BCUT2D eigenvalue weighted by Crippen LogP contribution is -2.28. The number of nitrogens with one attached hydrogen (secondary N) is 2. The Labute approximate surface area is 167 Å². The van der Waals surface area contributed by atoms with Crippen LogP contribution in [0.25, 0.3) is 0 Å². The lowest BCUT2D eigenvalue weighted by atomic mass is 9.88. The number of ether oxygens (including phenoxy) is 1. The molecule has 152 valence electrons. The van der Waals surface area contributed by atoms with Crippen molar-refractivity contribution < 1.29 is 19.1 Å². The number of nitrogens with zero attached hydrogens (tertiary/aromatic N) is 1. The van der Waals surface area contributed by atoms with Crippen LogP contribution in [0, 0.1) is 6.92 Å². The molecule has 1 atom stereocenters. The van der Waals surface area contributed by atoms with Crippen molar-refractivity contribution >= 4 is 5.91 Å². The molecule has 0 unspecified atom stereocenters. The minimum absolute atomic E-state index is 0.0172. The molecular formula is C21H23N3O5. The Balaban J connectivity index is 1.82. The molecule has 0 aliphatic rings. The molecule has 0 fully saturated rings. The van der Waals surface area contributed by atoms with E-state index in [0.29, 0.717) is 30.0 Å². The number of hydrogen-bond donors (Lipinski definition) is 3. The molecule has 3 N–H and O–H groups in total. The van der Waals surface area contributed by atoms with E-state index in [9.17, 15) is 14.7 Å². The number of aromatic nitrogens is 2. The molecule has 3 aromatic rings. The zero-order chi connectivity index (χ0) is 20.8. The van der Waals surface area contributed by atoms with E-state index < -0.39 is 11.5 Å². The third kappa shape index (κ3) is 5.04. The van der Waals surface area contributed by atoms with Crippen molar-refractivity contribution in [1.29, 1.82) is 0 Å². The van der Waals surface area contributed by atoms with Gasteiger partial charge in [-0.2, -0.15) is 0 Å². The van der Waals surface area contributed by atoms with Gasteiger partial charge in [-0.3, -0.25) is 4.79 Å². The number of carbonyl (C=O) groups excluding carboxylic acids is 1. The van der Waals surface area contributed by atoms with Crippen LogP contribution in [0.15, 0.2) is 52.1 Å². The maximum Gasteiger partial charge on any atom is 0.343 e. The van der Waals surface area contributed by atoms with Crippen LogP contribution >= 0.6 is 0 Å². The van der Waals surface area contributed by atoms with Gasteiger partial charge in [-0.25, -0.2) is 9.78 Å². The Hall–Kier alpha value is -3.55. The molecule has 0 saturated heterocycles. The first-order chi connectivity index (χ1) is 14.0. The van der Waals surface area contributed by atoms with Crippen LogP contribution in [0.1, 0.15) is 34.9 Å². The summed E-state index contributed by atoms with van der Waals surface area (Å²) < 4.78 is 10.3. The molecule has 1 amide bonds. The van der Waals surface area contributed by atoms with Gasteiger partial charge in [0.25, 0.3) is 0 Å². The van der Waals surface area contributed by atoms with Gasteiger partial charge in [0.1, 0.15) is 17.3 Å². The number of methoxy groups -OCH3 is 1. The SMILES string of the molecule is COc1ccc([C@H](CC(=O)NCCc2cnc[nH]2)c2c(O)cc(C)oc2=O)cc1. The number of imidazole rings is 1. The summed E-state index contributed by atoms with van der Waals surface area (Å²) in [5.41, 5.74) is 1.01. The largest absolute Gasteiger partial charge is 0.507 e. The van der Waals surface area contributed by atoms with Gasteiger partial charge < -0.3 is 24.6 Å². The number of H-pyrrole nitrogens is 1. The maximum absolute atomic E-state index is 12.6. The number of amides is 1. The van der Waals surface area contributed by atoms with E-state index in [1.807, 2.05) is 0 Å². The van der Waals surface area contributed by atoms with E-state index in [0.717, 1.165) is 5.69 Å². The average Bonchev–Trinajstić information content (AvgIpc) is 3.20. The fraction of sp³-hybridized carbons (Fsp3) is 0.286. The number of hydrogen-bond acceptors (Lipinski definition) is 6. The van der Waals surface area contributed by atoms with E-state index in [4.69, 9.17) is 9.15 Å². The van der Waals surface area contributed by atoms with Gasteiger partial charge in [0.2, 0.25) is 5.91 Å². The molecular weight excluding hydrogens is 374 g/mol. The minimum atomic E-state index is -0.662. The van der Waals surface area contributed by atoms with E-state index in [1.165, 1.54) is 6.07 Å². The van der Waals surface area contributed by atoms with Crippen LogP contribution in [-0.4, -0.2) is 34.6 Å². The fourth-order valence-corrected chi connectivity index (χ4v) is 3.16. The molecule has 29 heavy (non-hydrogen) atoms. The summed E-state index contributed by atoms with van der Waals surface area (Å²) in [5.74, 6) is -0.148. The third-order valence-corrected chi connectivity index (χ3v) is 4.62. The summed E-state index contributed by atoms with van der Waals surface area (Å²) in [6.07, 6.45) is 3.87. The number of benzene rings is 1. The quantitative estimate of drug-likeness (QED) is 0.537. The highest BCUT2D eigenvalue weighted by Gasteiger charge is 2.25. The Morgan fingerprint density at radius 1 is 1.34 bits per heavy atom. The van der Waals surface area contributed by atoms with Crippen molar-refractivity contribution in [2.24, 2.45) is 0 Å². The van der Waals surface area contributed by atoms with E-state index >= 15 is 0 Å². The highest BCUT2D eigenvalue weighted by atomic mass is 16.5. The van der Waals surface area contributed by atoms with Crippen LogP contribution < -0.4 is 15.7 Å². The summed E-state index contributed by atoms with van der Waals surface area (Å²) in [6.45, 7) is 2.00. The molecule has 0 bridgehead atoms. The lowest BCUT2D eigenvalue weighted by Gasteiger charge is -2.18. The topological polar surface area (TPSA) is 117 Å². The summed E-state index contributed by atoms with van der Waals surface area (Å²) in [5, 5.41) is 13.2. The van der Waals surface area contributed by atoms with Crippen molar-refractivity contribution in [3.8, 4) is 11.5 Å². The standard InChI is InChI=1S/C21H23N3O5/c1-13-9-18(25)20(21(27)29-13)17(14-3-5-16(28-2)6-4-14)10-19(26)23-8-7-15-11-22-12-24-15/h3-6,9,11-12,17,25H,7-8,10H2,1-2H3,(H,22,24)(H,23,26)/t17-/m0/s1. The molecule has 3 rings (SSSR count). The molecule has 0 aliphatic heterocycles. The summed E-state index contributed by atoms with van der Waals surface area (Å²) in [6, 6.07) is 8.39. The molecule has 8 heteroatoms. The first-order valence-electron chi connectivity index (χ1n) is 9.19. The molecule has 0 spiro atoms. The van der Waals surface area contributed by atoms with E-state index in [2.05, 4.69) is 15.3 Å². The highest BCUT2D eigenvalue weighted by Crippen LogP contribution is 2.32. The van der Waals surface area contributed by atoms with Gasteiger partial charge in [0.15, 0.2) is 0 Å². The molecule has 1 aromatic carbocycles. The van der Waals surface area contributed by atoms with Crippen LogP contribution in [-0.2, 0) is 11.2 Å². The second-order valence-electron chi connectivity index (χ2n) is 6.65. The van der Waals surface area contributed by atoms with Gasteiger partial charge in [0.05, 0.1) is 19.0 Å². The van der Waals surface area contributed by atoms with Crippen molar-refractivity contribution in [2.75, 3.05) is 13.7 Å². The van der Waals surface area contributed by atoms with Gasteiger partial charge >= 0.3 is 5.63 Å². The molecule has 2 heterocycles. The molecule has 8 nitrogen and oxygen atoms in total. The highest BCUT2D eigenvalue weighted by molar-refractivity contribution is 5.77. The Morgan fingerprint density at radius 3 is 2.72 bits per heavy atom. The Morgan fingerprint density at radius 2 is 2.10 bits per heavy atom. The van der Waals surface area contributed by atoms with Gasteiger partial charge in [-0.1, -0.05) is 12.1 Å². The van der Waals surface area contributed by atoms with Crippen LogP contribution in [0.2, 0.25) is 0 Å². The monoisotopic (exact) mass is 397 g/mol. The van der Waals surface area contributed by atoms with Crippen LogP contribution in [0.4, 0.5) is 0 Å². The first-order valence-corrected chi connectivity index (χ1v) is 9.19. The average molecular weight is 397 g/mol. The lowest BCUT2D eigenvalue weighted by molar-refractivity contribution is -0.121. The van der Waals surface area contributed by atoms with Crippen molar-refractivity contribution in [3.63, 3.8) is 0 Å². The van der Waals surface area contributed by atoms with Gasteiger partial charge in [-0.15, -0.1) is 0 Å². The third-order valence-electron chi connectivity index (χ3n) is 4.62. The molecule has 0 aliphatic carbocycles. The minimum Gasteiger partial charge on any atom is -0.507 e. The molecule has 2 aromatic heterocycles. The van der Waals surface area contributed by atoms with Crippen molar-refractivity contribution in [2.45, 2.75) is 25.7 Å². The number of aryl methyl sites for hydroxylation is 1. The zero-order valence-electron chi connectivity index (χ0n) is 16.3. The van der Waals surface area contributed by atoms with E-state index in [-0.39, 0.29) is 23.6 Å². The van der Waals surface area contributed by atoms with Gasteiger partial charge in [0, 0.05) is 43.3 Å². The van der Waals surface area contributed by atoms with Crippen molar-refractivity contribution in [3.05, 3.63) is 75.9 Å². The molecule has 0 saturated carbocycles.